The molecule has 1 aliphatic rings. The molecule has 0 spiro atoms. The zero-order valence-electron chi connectivity index (χ0n) is 9.04. The Bertz CT molecular complexity index is 191. The normalized spacial score (nSPS) is 21.8. The molecule has 1 N–H and O–H groups in total. The highest BCUT2D eigenvalue weighted by atomic mass is 16.3. The van der Waals surface area contributed by atoms with Crippen molar-refractivity contribution in [3.8, 4) is 0 Å². The van der Waals surface area contributed by atoms with E-state index in [9.17, 15) is 5.11 Å². The maximum atomic E-state index is 10.5. The number of rotatable bonds is 6. The molecule has 1 heteroatoms. The molecule has 0 aliphatic heterocycles. The first kappa shape index (κ1) is 11.5. The zero-order chi connectivity index (χ0) is 10.4. The highest BCUT2D eigenvalue weighted by Gasteiger charge is 2.36. The second kappa shape index (κ2) is 5.35. The van der Waals surface area contributed by atoms with Crippen LogP contribution in [0, 0.1) is 5.92 Å². The second-order valence-corrected chi connectivity index (χ2v) is 4.41. The average Bonchev–Trinajstić information content (AvgIpc) is 2.68. The molecule has 0 saturated heterocycles. The molecule has 0 aromatic carbocycles. The first-order chi connectivity index (χ1) is 6.73. The van der Waals surface area contributed by atoms with Crippen molar-refractivity contribution in [1.29, 1.82) is 0 Å². The Morgan fingerprint density at radius 2 is 1.86 bits per heavy atom. The molecule has 0 heterocycles. The summed E-state index contributed by atoms with van der Waals surface area (Å²) in [5, 5.41) is 10.5. The van der Waals surface area contributed by atoms with Crippen molar-refractivity contribution in [3.05, 3.63) is 25.3 Å². The van der Waals surface area contributed by atoms with Crippen LogP contribution in [0.1, 0.15) is 44.9 Å². The third-order valence-corrected chi connectivity index (χ3v) is 3.39. The van der Waals surface area contributed by atoms with E-state index in [2.05, 4.69) is 13.2 Å². The average molecular weight is 194 g/mol. The molecule has 1 saturated carbocycles. The summed E-state index contributed by atoms with van der Waals surface area (Å²) in [5.74, 6) is 0.487. The van der Waals surface area contributed by atoms with E-state index in [0.717, 1.165) is 19.3 Å². The van der Waals surface area contributed by atoms with Gasteiger partial charge in [0.2, 0.25) is 0 Å². The molecule has 0 aromatic rings. The maximum absolute atomic E-state index is 10.5. The Morgan fingerprint density at radius 1 is 1.21 bits per heavy atom. The van der Waals surface area contributed by atoms with Crippen LogP contribution in [0.15, 0.2) is 25.3 Å². The Labute approximate surface area is 87.5 Å². The van der Waals surface area contributed by atoms with Gasteiger partial charge in [-0.3, -0.25) is 0 Å². The predicted octanol–water partition coefficient (Wildman–Crippen LogP) is 3.45. The zero-order valence-corrected chi connectivity index (χ0v) is 9.04. The monoisotopic (exact) mass is 194 g/mol. The van der Waals surface area contributed by atoms with E-state index >= 15 is 0 Å². The second-order valence-electron chi connectivity index (χ2n) is 4.41. The first-order valence-corrected chi connectivity index (χ1v) is 5.67. The topological polar surface area (TPSA) is 20.2 Å². The van der Waals surface area contributed by atoms with Crippen LogP contribution in [0.5, 0.6) is 0 Å². The molecule has 1 nitrogen and oxygen atoms in total. The van der Waals surface area contributed by atoms with Crippen LogP contribution in [0.2, 0.25) is 0 Å². The van der Waals surface area contributed by atoms with Crippen molar-refractivity contribution >= 4 is 0 Å². The van der Waals surface area contributed by atoms with Crippen LogP contribution in [0.25, 0.3) is 0 Å². The summed E-state index contributed by atoms with van der Waals surface area (Å²) in [4.78, 5) is 0. The van der Waals surface area contributed by atoms with Crippen molar-refractivity contribution in [2.75, 3.05) is 0 Å². The quantitative estimate of drug-likeness (QED) is 0.642. The summed E-state index contributed by atoms with van der Waals surface area (Å²) in [6, 6.07) is 0. The summed E-state index contributed by atoms with van der Waals surface area (Å²) >= 11 is 0. The number of hydrogen-bond acceptors (Lipinski definition) is 1. The van der Waals surface area contributed by atoms with Crippen LogP contribution in [0.3, 0.4) is 0 Å². The molecule has 0 amide bonds. The van der Waals surface area contributed by atoms with E-state index in [1.165, 1.54) is 25.7 Å². The van der Waals surface area contributed by atoms with E-state index in [1.54, 1.807) is 0 Å². The van der Waals surface area contributed by atoms with Gasteiger partial charge in [0.05, 0.1) is 5.60 Å². The minimum Gasteiger partial charge on any atom is -0.389 e. The fourth-order valence-corrected chi connectivity index (χ4v) is 2.54. The SMILES string of the molecule is C=CCCC(O)(CC=C)C1CCCC1. The fraction of sp³-hybridized carbons (Fsp3) is 0.692. The summed E-state index contributed by atoms with van der Waals surface area (Å²) < 4.78 is 0. The van der Waals surface area contributed by atoms with Gasteiger partial charge in [-0.2, -0.15) is 0 Å². The van der Waals surface area contributed by atoms with Gasteiger partial charge in [0.15, 0.2) is 0 Å². The standard InChI is InChI=1S/C13H22O/c1-3-5-11-13(14,10-4-2)12-8-6-7-9-12/h3-4,12,14H,1-2,5-11H2. The van der Waals surface area contributed by atoms with Crippen molar-refractivity contribution < 1.29 is 5.11 Å². The molecule has 0 bridgehead atoms. The molecule has 14 heavy (non-hydrogen) atoms. The minimum atomic E-state index is -0.507. The van der Waals surface area contributed by atoms with Gasteiger partial charge in [0.1, 0.15) is 0 Å². The highest BCUT2D eigenvalue weighted by Crippen LogP contribution is 2.39. The van der Waals surface area contributed by atoms with Gasteiger partial charge in [0.25, 0.3) is 0 Å². The Morgan fingerprint density at radius 3 is 2.36 bits per heavy atom. The van der Waals surface area contributed by atoms with Crippen LogP contribution in [0.4, 0.5) is 0 Å². The van der Waals surface area contributed by atoms with E-state index in [4.69, 9.17) is 0 Å². The Hall–Kier alpha value is -0.560. The smallest absolute Gasteiger partial charge is 0.0712 e. The van der Waals surface area contributed by atoms with Crippen molar-refractivity contribution in [2.45, 2.75) is 50.5 Å². The molecular weight excluding hydrogens is 172 g/mol. The van der Waals surface area contributed by atoms with E-state index in [-0.39, 0.29) is 0 Å². The number of allylic oxidation sites excluding steroid dienone is 1. The maximum Gasteiger partial charge on any atom is 0.0712 e. The molecule has 1 unspecified atom stereocenters. The third kappa shape index (κ3) is 2.71. The van der Waals surface area contributed by atoms with Gasteiger partial charge in [-0.25, -0.2) is 0 Å². The van der Waals surface area contributed by atoms with Gasteiger partial charge >= 0.3 is 0 Å². The molecule has 0 radical (unpaired) electrons. The Balaban J connectivity index is 2.57. The molecular formula is C13H22O. The van der Waals surface area contributed by atoms with Gasteiger partial charge in [-0.1, -0.05) is 25.0 Å². The lowest BCUT2D eigenvalue weighted by atomic mass is 9.80. The minimum absolute atomic E-state index is 0.487. The summed E-state index contributed by atoms with van der Waals surface area (Å²) in [5.41, 5.74) is -0.507. The van der Waals surface area contributed by atoms with Crippen molar-refractivity contribution in [3.63, 3.8) is 0 Å². The lowest BCUT2D eigenvalue weighted by Crippen LogP contribution is -2.35. The molecule has 80 valence electrons. The summed E-state index contributed by atoms with van der Waals surface area (Å²) in [6.07, 6.45) is 11.1. The van der Waals surface area contributed by atoms with Gasteiger partial charge in [-0.15, -0.1) is 13.2 Å². The summed E-state index contributed by atoms with van der Waals surface area (Å²) in [6.45, 7) is 7.45. The highest BCUT2D eigenvalue weighted by molar-refractivity contribution is 4.95. The molecule has 1 fully saturated rings. The predicted molar refractivity (Wildman–Crippen MR) is 61.2 cm³/mol. The van der Waals surface area contributed by atoms with Gasteiger partial charge in [0, 0.05) is 0 Å². The van der Waals surface area contributed by atoms with Crippen LogP contribution in [-0.4, -0.2) is 10.7 Å². The van der Waals surface area contributed by atoms with Crippen LogP contribution >= 0.6 is 0 Å². The third-order valence-electron chi connectivity index (χ3n) is 3.39. The van der Waals surface area contributed by atoms with Gasteiger partial charge in [-0.05, 0) is 38.0 Å². The molecule has 1 atom stereocenters. The number of hydrogen-bond donors (Lipinski definition) is 1. The van der Waals surface area contributed by atoms with Crippen molar-refractivity contribution in [1.82, 2.24) is 0 Å². The number of aliphatic hydroxyl groups is 1. The van der Waals surface area contributed by atoms with Crippen LogP contribution in [-0.2, 0) is 0 Å². The largest absolute Gasteiger partial charge is 0.389 e. The fourth-order valence-electron chi connectivity index (χ4n) is 2.54. The lowest BCUT2D eigenvalue weighted by Gasteiger charge is -2.33. The molecule has 1 aliphatic carbocycles. The van der Waals surface area contributed by atoms with Crippen molar-refractivity contribution in [2.24, 2.45) is 5.92 Å². The van der Waals surface area contributed by atoms with Crippen LogP contribution < -0.4 is 0 Å². The molecule has 1 rings (SSSR count). The van der Waals surface area contributed by atoms with Gasteiger partial charge < -0.3 is 5.11 Å². The van der Waals surface area contributed by atoms with E-state index in [1.807, 2.05) is 12.2 Å². The Kier molecular flexibility index (Phi) is 4.40. The lowest BCUT2D eigenvalue weighted by molar-refractivity contribution is -0.0205. The first-order valence-electron chi connectivity index (χ1n) is 5.67. The summed E-state index contributed by atoms with van der Waals surface area (Å²) in [7, 11) is 0. The van der Waals surface area contributed by atoms with E-state index in [0.29, 0.717) is 5.92 Å². The molecule has 0 aromatic heterocycles. The van der Waals surface area contributed by atoms with E-state index < -0.39 is 5.60 Å².